The molecule has 0 fully saturated rings. The molecule has 0 aromatic heterocycles. The van der Waals surface area contributed by atoms with Crippen molar-refractivity contribution in [3.05, 3.63) is 63.1 Å². The van der Waals surface area contributed by atoms with Crippen LogP contribution in [0.15, 0.2) is 46.9 Å². The standard InChI is InChI=1S/C17H18BrClN2O/c1-12-2-7-16(15(18)10-12)20-9-8-17(22)21-11-13-3-5-14(19)6-4-13/h2-7,10,20H,8-9,11H2,1H3,(H,21,22). The summed E-state index contributed by atoms with van der Waals surface area (Å²) in [6, 6.07) is 13.5. The first-order chi connectivity index (χ1) is 10.5. The van der Waals surface area contributed by atoms with Gasteiger partial charge >= 0.3 is 0 Å². The molecule has 0 aliphatic carbocycles. The lowest BCUT2D eigenvalue weighted by atomic mass is 10.2. The van der Waals surface area contributed by atoms with Crippen LogP contribution in [0.2, 0.25) is 5.02 Å². The van der Waals surface area contributed by atoms with Crippen LogP contribution in [0.1, 0.15) is 17.5 Å². The number of benzene rings is 2. The average Bonchev–Trinajstić information content (AvgIpc) is 2.49. The molecule has 0 unspecified atom stereocenters. The van der Waals surface area contributed by atoms with E-state index >= 15 is 0 Å². The van der Waals surface area contributed by atoms with Gasteiger partial charge in [-0.15, -0.1) is 0 Å². The van der Waals surface area contributed by atoms with Gasteiger partial charge in [-0.2, -0.15) is 0 Å². The van der Waals surface area contributed by atoms with Gasteiger partial charge in [0.25, 0.3) is 0 Å². The fraction of sp³-hybridized carbons (Fsp3) is 0.235. The number of rotatable bonds is 6. The topological polar surface area (TPSA) is 41.1 Å². The zero-order valence-corrected chi connectivity index (χ0v) is 14.7. The molecule has 22 heavy (non-hydrogen) atoms. The minimum Gasteiger partial charge on any atom is -0.384 e. The maximum Gasteiger partial charge on any atom is 0.222 e. The lowest BCUT2D eigenvalue weighted by Crippen LogP contribution is -2.24. The lowest BCUT2D eigenvalue weighted by Gasteiger charge is -2.10. The van der Waals surface area contributed by atoms with Gasteiger partial charge in [-0.1, -0.05) is 29.8 Å². The molecule has 2 N–H and O–H groups in total. The van der Waals surface area contributed by atoms with Crippen LogP contribution >= 0.6 is 27.5 Å². The van der Waals surface area contributed by atoms with Crippen molar-refractivity contribution in [2.45, 2.75) is 19.9 Å². The first-order valence-electron chi connectivity index (χ1n) is 7.06. The van der Waals surface area contributed by atoms with Crippen LogP contribution in [-0.4, -0.2) is 12.5 Å². The van der Waals surface area contributed by atoms with Gasteiger partial charge in [0.15, 0.2) is 0 Å². The Balaban J connectivity index is 1.72. The molecule has 116 valence electrons. The fourth-order valence-electron chi connectivity index (χ4n) is 1.97. The molecule has 0 saturated heterocycles. The summed E-state index contributed by atoms with van der Waals surface area (Å²) in [7, 11) is 0. The largest absolute Gasteiger partial charge is 0.384 e. The molecular formula is C17H18BrClN2O. The van der Waals surface area contributed by atoms with Crippen LogP contribution in [-0.2, 0) is 11.3 Å². The number of carbonyl (C=O) groups is 1. The molecule has 0 heterocycles. The second-order valence-electron chi connectivity index (χ2n) is 5.06. The second-order valence-corrected chi connectivity index (χ2v) is 6.35. The van der Waals surface area contributed by atoms with E-state index in [9.17, 15) is 4.79 Å². The third-order valence-electron chi connectivity index (χ3n) is 3.20. The fourth-order valence-corrected chi connectivity index (χ4v) is 2.72. The summed E-state index contributed by atoms with van der Waals surface area (Å²) in [6.07, 6.45) is 0.425. The number of anilines is 1. The molecule has 2 aromatic rings. The summed E-state index contributed by atoms with van der Waals surface area (Å²) in [5.74, 6) is 0.0192. The van der Waals surface area contributed by atoms with E-state index in [2.05, 4.69) is 26.6 Å². The molecule has 0 saturated carbocycles. The Kier molecular flexibility index (Phi) is 6.28. The molecule has 0 radical (unpaired) electrons. The van der Waals surface area contributed by atoms with E-state index in [1.54, 1.807) is 0 Å². The molecule has 2 rings (SSSR count). The van der Waals surface area contributed by atoms with E-state index in [0.29, 0.717) is 24.5 Å². The van der Waals surface area contributed by atoms with Crippen LogP contribution in [0.3, 0.4) is 0 Å². The second kappa shape index (κ2) is 8.20. The van der Waals surface area contributed by atoms with Gasteiger partial charge in [0.05, 0.1) is 0 Å². The Hall–Kier alpha value is -1.52. The molecule has 0 aliphatic rings. The highest BCUT2D eigenvalue weighted by molar-refractivity contribution is 9.10. The van der Waals surface area contributed by atoms with E-state index in [4.69, 9.17) is 11.6 Å². The zero-order valence-electron chi connectivity index (χ0n) is 12.3. The Morgan fingerprint density at radius 1 is 1.18 bits per heavy atom. The van der Waals surface area contributed by atoms with Gasteiger partial charge in [0.1, 0.15) is 0 Å². The van der Waals surface area contributed by atoms with Gasteiger partial charge < -0.3 is 10.6 Å². The predicted molar refractivity (Wildman–Crippen MR) is 95.3 cm³/mol. The van der Waals surface area contributed by atoms with Crippen molar-refractivity contribution in [1.29, 1.82) is 0 Å². The predicted octanol–water partition coefficient (Wildman–Crippen LogP) is 4.53. The van der Waals surface area contributed by atoms with Crippen LogP contribution in [0.5, 0.6) is 0 Å². The number of carbonyl (C=O) groups excluding carboxylic acids is 1. The SMILES string of the molecule is Cc1ccc(NCCC(=O)NCc2ccc(Cl)cc2)c(Br)c1. The molecule has 1 amide bonds. The maximum absolute atomic E-state index is 11.8. The highest BCUT2D eigenvalue weighted by Gasteiger charge is 2.03. The van der Waals surface area contributed by atoms with Crippen LogP contribution in [0, 0.1) is 6.92 Å². The minimum atomic E-state index is 0.0192. The highest BCUT2D eigenvalue weighted by Crippen LogP contribution is 2.23. The van der Waals surface area contributed by atoms with Crippen LogP contribution in [0.4, 0.5) is 5.69 Å². The summed E-state index contributed by atoms with van der Waals surface area (Å²) in [5, 5.41) is 6.84. The normalized spacial score (nSPS) is 10.3. The number of nitrogens with one attached hydrogen (secondary N) is 2. The van der Waals surface area contributed by atoms with Gasteiger partial charge in [-0.25, -0.2) is 0 Å². The van der Waals surface area contributed by atoms with Crippen LogP contribution in [0.25, 0.3) is 0 Å². The molecule has 3 nitrogen and oxygen atoms in total. The van der Waals surface area contributed by atoms with E-state index in [-0.39, 0.29) is 5.91 Å². The first kappa shape index (κ1) is 16.8. The van der Waals surface area contributed by atoms with Gasteiger partial charge in [0, 0.05) is 34.7 Å². The first-order valence-corrected chi connectivity index (χ1v) is 8.23. The zero-order chi connectivity index (χ0) is 15.9. The van der Waals surface area contributed by atoms with Crippen LogP contribution < -0.4 is 10.6 Å². The number of halogens is 2. The van der Waals surface area contributed by atoms with E-state index < -0.39 is 0 Å². The molecule has 0 atom stereocenters. The molecule has 0 bridgehead atoms. The summed E-state index contributed by atoms with van der Waals surface area (Å²) in [6.45, 7) is 3.15. The molecular weight excluding hydrogens is 364 g/mol. The number of aryl methyl sites for hydroxylation is 1. The number of amides is 1. The summed E-state index contributed by atoms with van der Waals surface area (Å²) < 4.78 is 1.01. The highest BCUT2D eigenvalue weighted by atomic mass is 79.9. The third-order valence-corrected chi connectivity index (χ3v) is 4.10. The van der Waals surface area contributed by atoms with E-state index in [0.717, 1.165) is 15.7 Å². The van der Waals surface area contributed by atoms with Crippen molar-refractivity contribution < 1.29 is 4.79 Å². The quantitative estimate of drug-likeness (QED) is 0.772. The van der Waals surface area contributed by atoms with E-state index in [1.807, 2.05) is 49.4 Å². The maximum atomic E-state index is 11.8. The molecule has 0 spiro atoms. The average molecular weight is 382 g/mol. The minimum absolute atomic E-state index is 0.0192. The van der Waals surface area contributed by atoms with Gasteiger partial charge in [0.2, 0.25) is 5.91 Å². The van der Waals surface area contributed by atoms with Crippen molar-refractivity contribution in [2.24, 2.45) is 0 Å². The Labute approximate surface area is 144 Å². The monoisotopic (exact) mass is 380 g/mol. The third kappa shape index (κ3) is 5.35. The van der Waals surface area contributed by atoms with E-state index in [1.165, 1.54) is 5.56 Å². The molecule has 0 aliphatic heterocycles. The smallest absolute Gasteiger partial charge is 0.222 e. The Morgan fingerprint density at radius 3 is 2.59 bits per heavy atom. The summed E-state index contributed by atoms with van der Waals surface area (Å²) in [4.78, 5) is 11.8. The Bertz CT molecular complexity index is 644. The van der Waals surface area contributed by atoms with Crippen molar-refractivity contribution >= 4 is 39.1 Å². The van der Waals surface area contributed by atoms with Gasteiger partial charge in [-0.05, 0) is 58.2 Å². The number of hydrogen-bond donors (Lipinski definition) is 2. The van der Waals surface area contributed by atoms with Gasteiger partial charge in [-0.3, -0.25) is 4.79 Å². The number of hydrogen-bond acceptors (Lipinski definition) is 2. The Morgan fingerprint density at radius 2 is 1.91 bits per heavy atom. The lowest BCUT2D eigenvalue weighted by molar-refractivity contribution is -0.121. The van der Waals surface area contributed by atoms with Crippen molar-refractivity contribution in [3.63, 3.8) is 0 Å². The summed E-state index contributed by atoms with van der Waals surface area (Å²) >= 11 is 9.33. The van der Waals surface area contributed by atoms with Crippen molar-refractivity contribution in [2.75, 3.05) is 11.9 Å². The molecule has 2 aromatic carbocycles. The molecule has 5 heteroatoms. The van der Waals surface area contributed by atoms with Crippen molar-refractivity contribution in [1.82, 2.24) is 5.32 Å². The summed E-state index contributed by atoms with van der Waals surface area (Å²) in [5.41, 5.74) is 3.22. The van der Waals surface area contributed by atoms with Crippen molar-refractivity contribution in [3.8, 4) is 0 Å².